The second kappa shape index (κ2) is 9.57. The Morgan fingerprint density at radius 3 is 2.85 bits per heavy atom. The second-order valence-electron chi connectivity index (χ2n) is 4.76. The third-order valence-corrected chi connectivity index (χ3v) is 3.88. The number of thiophene rings is 1. The molecule has 20 heavy (non-hydrogen) atoms. The molecule has 1 rings (SSSR count). The van der Waals surface area contributed by atoms with E-state index >= 15 is 0 Å². The van der Waals surface area contributed by atoms with Gasteiger partial charge in [0.05, 0.1) is 10.4 Å². The summed E-state index contributed by atoms with van der Waals surface area (Å²) in [4.78, 5) is 13.0. The van der Waals surface area contributed by atoms with Gasteiger partial charge in [0.25, 0.3) is 5.91 Å². The van der Waals surface area contributed by atoms with Crippen molar-refractivity contribution in [2.45, 2.75) is 52.0 Å². The van der Waals surface area contributed by atoms with Crippen molar-refractivity contribution in [3.8, 4) is 11.8 Å². The van der Waals surface area contributed by atoms with Crippen LogP contribution in [0.2, 0.25) is 0 Å². The van der Waals surface area contributed by atoms with Gasteiger partial charge in [-0.15, -0.1) is 11.3 Å². The molecule has 0 aliphatic heterocycles. The van der Waals surface area contributed by atoms with Crippen molar-refractivity contribution in [3.63, 3.8) is 0 Å². The first-order valence-electron chi connectivity index (χ1n) is 7.20. The van der Waals surface area contributed by atoms with E-state index in [9.17, 15) is 4.79 Å². The number of unbranched alkanes of at least 4 members (excludes halogenated alkanes) is 1. The Balaban J connectivity index is 2.61. The van der Waals surface area contributed by atoms with Crippen LogP contribution in [0, 0.1) is 11.8 Å². The smallest absolute Gasteiger partial charge is 0.252 e. The molecule has 0 aliphatic carbocycles. The maximum atomic E-state index is 12.2. The van der Waals surface area contributed by atoms with Crippen LogP contribution in [0.15, 0.2) is 11.4 Å². The van der Waals surface area contributed by atoms with Gasteiger partial charge in [-0.1, -0.05) is 45.0 Å². The third-order valence-electron chi connectivity index (χ3n) is 3.03. The highest BCUT2D eigenvalue weighted by molar-refractivity contribution is 7.10. The number of amides is 1. The quantitative estimate of drug-likeness (QED) is 0.759. The van der Waals surface area contributed by atoms with Crippen LogP contribution in [-0.4, -0.2) is 23.7 Å². The van der Waals surface area contributed by atoms with Crippen LogP contribution >= 0.6 is 11.3 Å². The summed E-state index contributed by atoms with van der Waals surface area (Å²) in [6.07, 6.45) is 5.42. The molecule has 0 saturated heterocycles. The van der Waals surface area contributed by atoms with Crippen LogP contribution in [0.4, 0.5) is 0 Å². The van der Waals surface area contributed by atoms with E-state index < -0.39 is 0 Å². The Labute approximate surface area is 125 Å². The minimum atomic E-state index is -0.158. The zero-order valence-corrected chi connectivity index (χ0v) is 13.1. The molecule has 0 spiro atoms. The van der Waals surface area contributed by atoms with Crippen LogP contribution in [0.5, 0.6) is 0 Å². The molecule has 3 nitrogen and oxygen atoms in total. The van der Waals surface area contributed by atoms with Crippen molar-refractivity contribution in [2.24, 2.45) is 0 Å². The van der Waals surface area contributed by atoms with E-state index in [1.54, 1.807) is 6.07 Å². The summed E-state index contributed by atoms with van der Waals surface area (Å²) >= 11 is 1.43. The van der Waals surface area contributed by atoms with Crippen LogP contribution in [0.25, 0.3) is 0 Å². The maximum absolute atomic E-state index is 12.2. The van der Waals surface area contributed by atoms with Gasteiger partial charge < -0.3 is 10.4 Å². The Morgan fingerprint density at radius 1 is 1.40 bits per heavy atom. The maximum Gasteiger partial charge on any atom is 0.252 e. The van der Waals surface area contributed by atoms with E-state index in [0.29, 0.717) is 5.56 Å². The minimum Gasteiger partial charge on any atom is -0.384 e. The number of carbonyl (C=O) groups excluding carboxylic acids is 1. The molecule has 1 atom stereocenters. The van der Waals surface area contributed by atoms with Crippen LogP contribution in [-0.2, 0) is 0 Å². The van der Waals surface area contributed by atoms with Gasteiger partial charge in [-0.2, -0.15) is 0 Å². The lowest BCUT2D eigenvalue weighted by Crippen LogP contribution is -2.34. The van der Waals surface area contributed by atoms with Crippen LogP contribution in [0.3, 0.4) is 0 Å². The highest BCUT2D eigenvalue weighted by Crippen LogP contribution is 2.15. The van der Waals surface area contributed by atoms with Gasteiger partial charge in [-0.25, -0.2) is 0 Å². The summed E-state index contributed by atoms with van der Waals surface area (Å²) in [5.74, 6) is 5.39. The first-order chi connectivity index (χ1) is 9.71. The van der Waals surface area contributed by atoms with Gasteiger partial charge in [0, 0.05) is 11.4 Å². The van der Waals surface area contributed by atoms with E-state index in [0.717, 1.165) is 37.0 Å². The van der Waals surface area contributed by atoms with Gasteiger partial charge in [-0.3, -0.25) is 4.79 Å². The lowest BCUT2D eigenvalue weighted by Gasteiger charge is -2.17. The summed E-state index contributed by atoms with van der Waals surface area (Å²) in [6, 6.07) is 2.05. The van der Waals surface area contributed by atoms with Crippen molar-refractivity contribution in [3.05, 3.63) is 21.9 Å². The molecule has 0 aromatic carbocycles. The Hall–Kier alpha value is -1.31. The molecule has 0 aliphatic rings. The fourth-order valence-electron chi connectivity index (χ4n) is 2.00. The van der Waals surface area contributed by atoms with E-state index in [1.807, 2.05) is 5.38 Å². The first kappa shape index (κ1) is 16.7. The SMILES string of the molecule is CCCCC(CCC)NC(=O)c1csc(C#CCO)c1. The van der Waals surface area contributed by atoms with Crippen LogP contribution < -0.4 is 5.32 Å². The first-order valence-corrected chi connectivity index (χ1v) is 8.08. The molecule has 0 saturated carbocycles. The lowest BCUT2D eigenvalue weighted by atomic mass is 10.0. The molecule has 110 valence electrons. The Morgan fingerprint density at radius 2 is 2.20 bits per heavy atom. The van der Waals surface area contributed by atoms with Crippen molar-refractivity contribution < 1.29 is 9.90 Å². The van der Waals surface area contributed by atoms with Gasteiger partial charge >= 0.3 is 0 Å². The number of carbonyl (C=O) groups is 1. The number of hydrogen-bond acceptors (Lipinski definition) is 3. The Kier molecular flexibility index (Phi) is 8.01. The topological polar surface area (TPSA) is 49.3 Å². The number of aliphatic hydroxyl groups excluding tert-OH is 1. The van der Waals surface area contributed by atoms with E-state index in [4.69, 9.17) is 5.11 Å². The predicted octanol–water partition coefficient (Wildman–Crippen LogP) is 3.18. The summed E-state index contributed by atoms with van der Waals surface area (Å²) in [5, 5.41) is 13.6. The number of nitrogens with one attached hydrogen (secondary N) is 1. The fourth-order valence-corrected chi connectivity index (χ4v) is 2.76. The van der Waals surface area contributed by atoms with Gasteiger partial charge in [0.1, 0.15) is 6.61 Å². The zero-order chi connectivity index (χ0) is 14.8. The van der Waals surface area contributed by atoms with Crippen LogP contribution in [0.1, 0.15) is 61.2 Å². The second-order valence-corrected chi connectivity index (χ2v) is 5.67. The Bertz CT molecular complexity index is 470. The molecular weight excluding hydrogens is 270 g/mol. The molecule has 1 heterocycles. The molecule has 1 aromatic rings. The number of rotatable bonds is 7. The summed E-state index contributed by atoms with van der Waals surface area (Å²) in [5.41, 5.74) is 0.662. The molecule has 0 bridgehead atoms. The zero-order valence-electron chi connectivity index (χ0n) is 12.2. The van der Waals surface area contributed by atoms with Crippen molar-refractivity contribution in [1.82, 2.24) is 5.32 Å². The van der Waals surface area contributed by atoms with E-state index in [-0.39, 0.29) is 18.6 Å². The molecule has 1 amide bonds. The van der Waals surface area contributed by atoms with Gasteiger partial charge in [0.15, 0.2) is 0 Å². The highest BCUT2D eigenvalue weighted by Gasteiger charge is 2.13. The fraction of sp³-hybridized carbons (Fsp3) is 0.562. The average Bonchev–Trinajstić information content (AvgIpc) is 2.91. The standard InChI is InChI=1S/C16H23NO2S/c1-3-5-8-14(7-4-2)17-16(19)13-11-15(20-12-13)9-6-10-18/h11-12,14,18H,3-5,7-8,10H2,1-2H3,(H,17,19). The van der Waals surface area contributed by atoms with Crippen molar-refractivity contribution in [2.75, 3.05) is 6.61 Å². The summed E-state index contributed by atoms with van der Waals surface area (Å²) in [7, 11) is 0. The number of aliphatic hydroxyl groups is 1. The minimum absolute atomic E-state index is 0.0205. The molecule has 4 heteroatoms. The average molecular weight is 293 g/mol. The molecule has 1 aromatic heterocycles. The summed E-state index contributed by atoms with van der Waals surface area (Å²) < 4.78 is 0. The largest absolute Gasteiger partial charge is 0.384 e. The predicted molar refractivity (Wildman–Crippen MR) is 84.0 cm³/mol. The number of hydrogen-bond donors (Lipinski definition) is 2. The molecule has 2 N–H and O–H groups in total. The lowest BCUT2D eigenvalue weighted by molar-refractivity contribution is 0.0932. The highest BCUT2D eigenvalue weighted by atomic mass is 32.1. The van der Waals surface area contributed by atoms with E-state index in [2.05, 4.69) is 31.0 Å². The normalized spacial score (nSPS) is 11.6. The monoisotopic (exact) mass is 293 g/mol. The summed E-state index contributed by atoms with van der Waals surface area (Å²) in [6.45, 7) is 4.14. The molecule has 0 radical (unpaired) electrons. The van der Waals surface area contributed by atoms with Crippen molar-refractivity contribution >= 4 is 17.2 Å². The van der Waals surface area contributed by atoms with Gasteiger partial charge in [-0.05, 0) is 18.9 Å². The van der Waals surface area contributed by atoms with E-state index in [1.165, 1.54) is 11.3 Å². The van der Waals surface area contributed by atoms with Crippen molar-refractivity contribution in [1.29, 1.82) is 0 Å². The molecular formula is C16H23NO2S. The third kappa shape index (κ3) is 5.77. The molecule has 1 unspecified atom stereocenters. The van der Waals surface area contributed by atoms with Gasteiger partial charge in [0.2, 0.25) is 0 Å². The molecule has 0 fully saturated rings.